The van der Waals surface area contributed by atoms with Gasteiger partial charge in [0.25, 0.3) is 0 Å². The summed E-state index contributed by atoms with van der Waals surface area (Å²) in [5, 5.41) is 0. The SMILES string of the molecule is CO[Si](C)(O[Si](C)(C)C)O[Si]1(C)O[Si]2(C)O[SiH](C)O[Si](C)(O[Si](C)(C)C)O[Si](C)(O2)O[Si](C)(O[Si](C)(C)C)O1. The van der Waals surface area contributed by atoms with Crippen LogP contribution in [0.3, 0.4) is 0 Å². The summed E-state index contributed by atoms with van der Waals surface area (Å²) < 4.78 is 79.0. The van der Waals surface area contributed by atoms with Gasteiger partial charge in [-0.3, -0.25) is 0 Å². The maximum atomic E-state index is 6.82. The van der Waals surface area contributed by atoms with Crippen molar-refractivity contribution in [3.05, 3.63) is 0 Å². The van der Waals surface area contributed by atoms with E-state index in [1.54, 1.807) is 7.11 Å². The summed E-state index contributed by atoms with van der Waals surface area (Å²) in [5.74, 6) is 0. The topological polar surface area (TPSA) is 111 Å². The summed E-state index contributed by atoms with van der Waals surface area (Å²) in [7, 11) is -27.7. The van der Waals surface area contributed by atoms with Gasteiger partial charge in [-0.2, -0.15) is 0 Å². The molecule has 0 amide bonds. The molecular weight excluding hydrogens is 677 g/mol. The van der Waals surface area contributed by atoms with Crippen molar-refractivity contribution in [1.29, 1.82) is 0 Å². The van der Waals surface area contributed by atoms with Gasteiger partial charge in [-0.25, -0.2) is 0 Å². The summed E-state index contributed by atoms with van der Waals surface area (Å²) in [5.41, 5.74) is 0. The smallest absolute Gasteiger partial charge is 0.417 e. The molecule has 2 bridgehead atoms. The highest BCUT2D eigenvalue weighted by molar-refractivity contribution is 6.96. The van der Waals surface area contributed by atoms with Crippen LogP contribution in [-0.2, 0) is 49.7 Å². The Bertz CT molecular complexity index is 875. The highest BCUT2D eigenvalue weighted by Crippen LogP contribution is 2.39. The lowest BCUT2D eigenvalue weighted by atomic mass is 11.8. The van der Waals surface area contributed by atoms with Crippen LogP contribution < -0.4 is 0 Å². The average Bonchev–Trinajstić information content (AvgIpc) is 2.50. The normalized spacial score (nSPS) is 40.7. The molecule has 39 heavy (non-hydrogen) atoms. The molecule has 2 aliphatic heterocycles. The van der Waals surface area contributed by atoms with E-state index in [-0.39, 0.29) is 0 Å². The fraction of sp³-hybridized carbons (Fsp3) is 1.00. The summed E-state index contributed by atoms with van der Waals surface area (Å²) in [6.45, 7) is 31.7. The number of hydrogen-bond donors (Lipinski definition) is 0. The van der Waals surface area contributed by atoms with Gasteiger partial charge in [-0.05, 0) is 65.5 Å². The van der Waals surface area contributed by atoms with Crippen molar-refractivity contribution in [2.75, 3.05) is 7.11 Å². The molecular formula is C17H52O12Si10. The average molecular weight is 729 g/mol. The largest absolute Gasteiger partial charge is 0.479 e. The minimum atomic E-state index is -3.64. The molecule has 2 rings (SSSR count). The van der Waals surface area contributed by atoms with Gasteiger partial charge in [-0.15, -0.1) is 0 Å². The number of fused-ring (bicyclic) bond motifs is 2. The van der Waals surface area contributed by atoms with Gasteiger partial charge in [-0.1, -0.05) is 0 Å². The lowest BCUT2D eigenvalue weighted by Gasteiger charge is -2.52. The van der Waals surface area contributed by atoms with Crippen LogP contribution in [0.2, 0.25) is 105 Å². The molecule has 2 heterocycles. The molecule has 7 unspecified atom stereocenters. The first-order valence-electron chi connectivity index (χ1n) is 13.2. The van der Waals surface area contributed by atoms with Crippen molar-refractivity contribution >= 4 is 87.1 Å². The number of hydrogen-bond acceptors (Lipinski definition) is 12. The van der Waals surface area contributed by atoms with Gasteiger partial charge in [0.2, 0.25) is 0 Å². The first kappa shape index (κ1) is 36.9. The molecule has 22 heteroatoms. The minimum absolute atomic E-state index is 1.59. The Morgan fingerprint density at radius 2 is 0.949 bits per heavy atom. The van der Waals surface area contributed by atoms with Crippen molar-refractivity contribution in [3.63, 3.8) is 0 Å². The predicted molar refractivity (Wildman–Crippen MR) is 172 cm³/mol. The third-order valence-corrected chi connectivity index (χ3v) is 41.2. The Labute approximate surface area is 247 Å². The van der Waals surface area contributed by atoms with E-state index in [0.717, 1.165) is 0 Å². The van der Waals surface area contributed by atoms with Gasteiger partial charge in [0.15, 0.2) is 25.0 Å². The van der Waals surface area contributed by atoms with Crippen LogP contribution in [0.1, 0.15) is 0 Å². The lowest BCUT2D eigenvalue weighted by molar-refractivity contribution is 0.0571. The van der Waals surface area contributed by atoms with Gasteiger partial charge in [0, 0.05) is 46.4 Å². The third kappa shape index (κ3) is 11.9. The Hall–Kier alpha value is 1.69. The van der Waals surface area contributed by atoms with E-state index in [9.17, 15) is 0 Å². The highest BCUT2D eigenvalue weighted by atomic mass is 28.6. The zero-order chi connectivity index (χ0) is 30.6. The molecule has 0 aromatic carbocycles. The molecule has 0 saturated carbocycles. The molecule has 7 atom stereocenters. The molecule has 2 saturated heterocycles. The third-order valence-electron chi connectivity index (χ3n) is 4.83. The molecule has 0 N–H and O–H groups in total. The van der Waals surface area contributed by atoms with Gasteiger partial charge >= 0.3 is 62.1 Å². The summed E-state index contributed by atoms with van der Waals surface area (Å²) in [6, 6.07) is 0. The lowest BCUT2D eigenvalue weighted by Crippen LogP contribution is -2.76. The molecule has 0 aromatic heterocycles. The Morgan fingerprint density at radius 3 is 1.41 bits per heavy atom. The fourth-order valence-corrected chi connectivity index (χ4v) is 49.4. The fourth-order valence-electron chi connectivity index (χ4n) is 4.75. The van der Waals surface area contributed by atoms with Gasteiger partial charge < -0.3 is 49.7 Å². The van der Waals surface area contributed by atoms with Crippen LogP contribution in [0.4, 0.5) is 0 Å². The second-order valence-corrected chi connectivity index (χ2v) is 47.2. The van der Waals surface area contributed by atoms with Crippen LogP contribution in [0.5, 0.6) is 0 Å². The molecule has 0 aliphatic carbocycles. The van der Waals surface area contributed by atoms with E-state index >= 15 is 0 Å². The molecule has 0 spiro atoms. The van der Waals surface area contributed by atoms with Crippen LogP contribution in [-0.4, -0.2) is 94.2 Å². The maximum Gasteiger partial charge on any atom is 0.479 e. The van der Waals surface area contributed by atoms with Crippen LogP contribution in [0.25, 0.3) is 0 Å². The van der Waals surface area contributed by atoms with Crippen molar-refractivity contribution < 1.29 is 49.7 Å². The Morgan fingerprint density at radius 1 is 0.513 bits per heavy atom. The van der Waals surface area contributed by atoms with E-state index in [4.69, 9.17) is 49.7 Å². The first-order valence-corrected chi connectivity index (χ1v) is 38.9. The van der Waals surface area contributed by atoms with Crippen LogP contribution in [0.15, 0.2) is 0 Å². The summed E-state index contributed by atoms with van der Waals surface area (Å²) in [4.78, 5) is 0. The van der Waals surface area contributed by atoms with E-state index in [0.29, 0.717) is 0 Å². The maximum absolute atomic E-state index is 6.82. The van der Waals surface area contributed by atoms with E-state index in [2.05, 4.69) is 58.9 Å². The standard InChI is InChI=1S/C17H52O12Si10/c1-18-34(12,21-31(3,4)5)24-38(16)26-36(14)20-30(2)19-35(13,22-32(6,7)8)25-39(17,27-36)29-37(15,28-38)23-33(9,10)11/h30H,1-17H3. The second-order valence-electron chi connectivity index (χ2n) is 13.4. The molecule has 232 valence electrons. The van der Waals surface area contributed by atoms with E-state index < -0.39 is 87.1 Å². The van der Waals surface area contributed by atoms with Crippen molar-refractivity contribution in [2.24, 2.45) is 0 Å². The van der Waals surface area contributed by atoms with Crippen LogP contribution >= 0.6 is 0 Å². The first-order chi connectivity index (χ1) is 17.0. The quantitative estimate of drug-likeness (QED) is 0.309. The van der Waals surface area contributed by atoms with E-state index in [1.165, 1.54) is 0 Å². The van der Waals surface area contributed by atoms with Gasteiger partial charge in [0.05, 0.1) is 0 Å². The highest BCUT2D eigenvalue weighted by Gasteiger charge is 2.68. The van der Waals surface area contributed by atoms with Gasteiger partial charge in [0.1, 0.15) is 0 Å². The monoisotopic (exact) mass is 728 g/mol. The Kier molecular flexibility index (Phi) is 11.2. The molecule has 0 aromatic rings. The molecule has 0 radical (unpaired) electrons. The molecule has 2 fully saturated rings. The predicted octanol–water partition coefficient (Wildman–Crippen LogP) is 4.61. The molecule has 12 nitrogen and oxygen atoms in total. The summed E-state index contributed by atoms with van der Waals surface area (Å²) >= 11 is 0. The van der Waals surface area contributed by atoms with E-state index in [1.807, 2.05) is 45.8 Å². The Balaban J connectivity index is 2.63. The zero-order valence-corrected chi connectivity index (χ0v) is 37.1. The minimum Gasteiger partial charge on any atom is -0.417 e. The van der Waals surface area contributed by atoms with Crippen molar-refractivity contribution in [2.45, 2.75) is 105 Å². The van der Waals surface area contributed by atoms with Crippen molar-refractivity contribution in [3.8, 4) is 0 Å². The zero-order valence-electron chi connectivity index (χ0n) is 27.0. The second kappa shape index (κ2) is 11.9. The summed E-state index contributed by atoms with van der Waals surface area (Å²) in [6.07, 6.45) is 0. The molecule has 2 aliphatic rings. The van der Waals surface area contributed by atoms with Crippen LogP contribution in [0, 0.1) is 0 Å². The number of rotatable bonds is 9. The van der Waals surface area contributed by atoms with Crippen molar-refractivity contribution in [1.82, 2.24) is 0 Å².